The van der Waals surface area contributed by atoms with Crippen LogP contribution in [0, 0.1) is 18.3 Å². The maximum atomic E-state index is 11.1. The smallest absolute Gasteiger partial charge is 0.325 e. The second-order valence-corrected chi connectivity index (χ2v) is 4.74. The van der Waals surface area contributed by atoms with Crippen LogP contribution in [0.15, 0.2) is 18.2 Å². The second-order valence-electron chi connectivity index (χ2n) is 4.74. The van der Waals surface area contributed by atoms with Gasteiger partial charge >= 0.3 is 5.97 Å². The Labute approximate surface area is 105 Å². The molecule has 94 valence electrons. The second kappa shape index (κ2) is 4.31. The van der Waals surface area contributed by atoms with E-state index in [1.807, 2.05) is 24.0 Å². The van der Waals surface area contributed by atoms with Gasteiger partial charge in [-0.15, -0.1) is 0 Å². The van der Waals surface area contributed by atoms with E-state index < -0.39 is 11.5 Å². The molecule has 1 unspecified atom stereocenters. The fourth-order valence-corrected chi connectivity index (χ4v) is 2.20. The minimum Gasteiger partial charge on any atom is -0.480 e. The van der Waals surface area contributed by atoms with E-state index in [-0.39, 0.29) is 0 Å². The Bertz CT molecular complexity index is 536. The summed E-state index contributed by atoms with van der Waals surface area (Å²) in [5.41, 5.74) is 7.11. The van der Waals surface area contributed by atoms with Crippen LogP contribution in [0.3, 0.4) is 0 Å². The van der Waals surface area contributed by atoms with Crippen LogP contribution < -0.4 is 10.6 Å². The van der Waals surface area contributed by atoms with Crippen LogP contribution in [0.25, 0.3) is 0 Å². The van der Waals surface area contributed by atoms with E-state index in [9.17, 15) is 4.79 Å². The molecule has 18 heavy (non-hydrogen) atoms. The first-order valence-corrected chi connectivity index (χ1v) is 5.74. The highest BCUT2D eigenvalue weighted by Gasteiger charge is 2.41. The molecule has 1 aromatic carbocycles. The van der Waals surface area contributed by atoms with E-state index in [4.69, 9.17) is 16.1 Å². The molecule has 1 heterocycles. The van der Waals surface area contributed by atoms with Gasteiger partial charge in [-0.05, 0) is 37.1 Å². The molecular formula is C13H15N3O2. The zero-order chi connectivity index (χ0) is 13.3. The summed E-state index contributed by atoms with van der Waals surface area (Å²) in [7, 11) is 0. The molecule has 0 amide bonds. The van der Waals surface area contributed by atoms with E-state index >= 15 is 0 Å². The topological polar surface area (TPSA) is 90.3 Å². The van der Waals surface area contributed by atoms with Crippen molar-refractivity contribution < 1.29 is 9.90 Å². The van der Waals surface area contributed by atoms with Gasteiger partial charge in [-0.1, -0.05) is 0 Å². The number of carbonyl (C=O) groups is 1. The summed E-state index contributed by atoms with van der Waals surface area (Å²) >= 11 is 0. The summed E-state index contributed by atoms with van der Waals surface area (Å²) < 4.78 is 0. The number of aliphatic carboxylic acids is 1. The predicted octanol–water partition coefficient (Wildman–Crippen LogP) is 0.859. The Kier molecular flexibility index (Phi) is 2.97. The number of benzene rings is 1. The van der Waals surface area contributed by atoms with Crippen molar-refractivity contribution in [3.05, 3.63) is 29.3 Å². The van der Waals surface area contributed by atoms with E-state index in [0.29, 0.717) is 25.1 Å². The Hall–Kier alpha value is -2.06. The minimum atomic E-state index is -1.16. The van der Waals surface area contributed by atoms with E-state index in [1.54, 1.807) is 6.07 Å². The molecular weight excluding hydrogens is 230 g/mol. The summed E-state index contributed by atoms with van der Waals surface area (Å²) in [6, 6.07) is 7.59. The first kappa shape index (κ1) is 12.4. The lowest BCUT2D eigenvalue weighted by molar-refractivity contribution is -0.142. The normalized spacial score (nSPS) is 22.8. The standard InChI is InChI=1S/C13H15N3O2/c1-9-6-11(3-2-10(9)7-14)16-5-4-13(15,8-16)12(17)18/h2-3,6H,4-5,8,15H2,1H3,(H,17,18). The molecule has 0 aromatic heterocycles. The molecule has 1 aromatic rings. The van der Waals surface area contributed by atoms with Crippen LogP contribution >= 0.6 is 0 Å². The summed E-state index contributed by atoms with van der Waals surface area (Å²) in [6.45, 7) is 2.78. The third-order valence-electron chi connectivity index (χ3n) is 3.42. The first-order chi connectivity index (χ1) is 8.46. The van der Waals surface area contributed by atoms with Gasteiger partial charge in [0, 0.05) is 18.8 Å². The van der Waals surface area contributed by atoms with Gasteiger partial charge < -0.3 is 15.7 Å². The number of nitriles is 1. The van der Waals surface area contributed by atoms with Crippen molar-refractivity contribution in [3.63, 3.8) is 0 Å². The molecule has 0 aliphatic carbocycles. The zero-order valence-corrected chi connectivity index (χ0v) is 10.2. The van der Waals surface area contributed by atoms with Crippen molar-refractivity contribution in [1.82, 2.24) is 0 Å². The number of hydrogen-bond donors (Lipinski definition) is 2. The van der Waals surface area contributed by atoms with Crippen LogP contribution in [-0.4, -0.2) is 29.7 Å². The van der Waals surface area contributed by atoms with Crippen LogP contribution in [0.5, 0.6) is 0 Å². The summed E-state index contributed by atoms with van der Waals surface area (Å²) in [6.07, 6.45) is 0.432. The average Bonchev–Trinajstić information content (AvgIpc) is 2.73. The molecule has 3 N–H and O–H groups in total. The van der Waals surface area contributed by atoms with Crippen molar-refractivity contribution in [1.29, 1.82) is 5.26 Å². The molecule has 0 bridgehead atoms. The van der Waals surface area contributed by atoms with Crippen molar-refractivity contribution in [3.8, 4) is 6.07 Å². The largest absolute Gasteiger partial charge is 0.480 e. The molecule has 1 atom stereocenters. The van der Waals surface area contributed by atoms with Crippen molar-refractivity contribution in [2.45, 2.75) is 18.9 Å². The lowest BCUT2D eigenvalue weighted by Crippen LogP contribution is -2.50. The van der Waals surface area contributed by atoms with Gasteiger partial charge in [0.05, 0.1) is 11.6 Å². The number of anilines is 1. The fourth-order valence-electron chi connectivity index (χ4n) is 2.20. The maximum Gasteiger partial charge on any atom is 0.325 e. The van der Waals surface area contributed by atoms with Gasteiger partial charge in [0.2, 0.25) is 0 Å². The molecule has 5 heteroatoms. The number of hydrogen-bond acceptors (Lipinski definition) is 4. The molecule has 0 saturated carbocycles. The molecule has 2 rings (SSSR count). The summed E-state index contributed by atoms with van der Waals surface area (Å²) in [5.74, 6) is -0.963. The van der Waals surface area contributed by atoms with Crippen LogP contribution in [0.1, 0.15) is 17.5 Å². The SMILES string of the molecule is Cc1cc(N2CCC(N)(C(=O)O)C2)ccc1C#N. The molecule has 0 radical (unpaired) electrons. The van der Waals surface area contributed by atoms with Gasteiger partial charge in [0.25, 0.3) is 0 Å². The van der Waals surface area contributed by atoms with Gasteiger partial charge in [-0.25, -0.2) is 0 Å². The molecule has 1 saturated heterocycles. The Morgan fingerprint density at radius 2 is 2.33 bits per heavy atom. The summed E-state index contributed by atoms with van der Waals surface area (Å²) in [4.78, 5) is 13.0. The Morgan fingerprint density at radius 3 is 2.83 bits per heavy atom. The summed E-state index contributed by atoms with van der Waals surface area (Å²) in [5, 5.41) is 17.9. The third-order valence-corrected chi connectivity index (χ3v) is 3.42. The molecule has 1 aliphatic rings. The van der Waals surface area contributed by atoms with Gasteiger partial charge in [0.1, 0.15) is 5.54 Å². The highest BCUT2D eigenvalue weighted by molar-refractivity contribution is 5.80. The molecule has 1 aliphatic heterocycles. The van der Waals surface area contributed by atoms with Crippen molar-refractivity contribution >= 4 is 11.7 Å². The number of nitrogens with two attached hydrogens (primary N) is 1. The number of carboxylic acids is 1. The molecule has 5 nitrogen and oxygen atoms in total. The van der Waals surface area contributed by atoms with Crippen LogP contribution in [-0.2, 0) is 4.79 Å². The van der Waals surface area contributed by atoms with Crippen LogP contribution in [0.2, 0.25) is 0 Å². The van der Waals surface area contributed by atoms with Gasteiger partial charge in [-0.2, -0.15) is 5.26 Å². The molecule has 0 spiro atoms. The maximum absolute atomic E-state index is 11.1. The third kappa shape index (κ3) is 2.03. The molecule has 1 fully saturated rings. The number of aryl methyl sites for hydroxylation is 1. The minimum absolute atomic E-state index is 0.299. The highest BCUT2D eigenvalue weighted by atomic mass is 16.4. The Balaban J connectivity index is 2.23. The number of rotatable bonds is 2. The number of nitrogens with zero attached hydrogens (tertiary/aromatic N) is 2. The predicted molar refractivity (Wildman–Crippen MR) is 67.3 cm³/mol. The van der Waals surface area contributed by atoms with E-state index in [1.165, 1.54) is 0 Å². The average molecular weight is 245 g/mol. The quantitative estimate of drug-likeness (QED) is 0.806. The lowest BCUT2D eigenvalue weighted by atomic mass is 10.0. The van der Waals surface area contributed by atoms with Crippen LogP contribution in [0.4, 0.5) is 5.69 Å². The van der Waals surface area contributed by atoms with Crippen molar-refractivity contribution in [2.24, 2.45) is 5.73 Å². The van der Waals surface area contributed by atoms with E-state index in [2.05, 4.69) is 6.07 Å². The fraction of sp³-hybridized carbons (Fsp3) is 0.385. The monoisotopic (exact) mass is 245 g/mol. The zero-order valence-electron chi connectivity index (χ0n) is 10.2. The lowest BCUT2D eigenvalue weighted by Gasteiger charge is -2.22. The number of carboxylic acid groups (broad SMARTS) is 1. The van der Waals surface area contributed by atoms with E-state index in [0.717, 1.165) is 11.3 Å². The highest BCUT2D eigenvalue weighted by Crippen LogP contribution is 2.27. The first-order valence-electron chi connectivity index (χ1n) is 5.74. The Morgan fingerprint density at radius 1 is 1.61 bits per heavy atom. The van der Waals surface area contributed by atoms with Crippen molar-refractivity contribution in [2.75, 3.05) is 18.0 Å². The van der Waals surface area contributed by atoms with Gasteiger partial charge in [0.15, 0.2) is 0 Å². The van der Waals surface area contributed by atoms with Gasteiger partial charge in [-0.3, -0.25) is 4.79 Å².